The molecule has 0 spiro atoms. The Morgan fingerprint density at radius 2 is 1.53 bits per heavy atom. The van der Waals surface area contributed by atoms with Crippen molar-refractivity contribution >= 4 is 11.6 Å². The van der Waals surface area contributed by atoms with E-state index in [1.165, 1.54) is 12.1 Å². The number of hydrogen-bond acceptors (Lipinski definition) is 1. The Balaban J connectivity index is 2.65. The van der Waals surface area contributed by atoms with E-state index in [1.807, 2.05) is 0 Å². The van der Waals surface area contributed by atoms with Crippen molar-refractivity contribution in [2.45, 2.75) is 0 Å². The molecule has 2 rings (SSSR count). The Hall–Kier alpha value is -1.68. The average molecular weight is 259 g/mol. The second-order valence-electron chi connectivity index (χ2n) is 3.38. The fourth-order valence-electron chi connectivity index (χ4n) is 1.46. The molecule has 0 saturated carbocycles. The van der Waals surface area contributed by atoms with E-state index in [0.717, 1.165) is 18.2 Å². The van der Waals surface area contributed by atoms with Gasteiger partial charge >= 0.3 is 0 Å². The predicted octanol–water partition coefficient (Wildman–Crippen LogP) is 4.13. The van der Waals surface area contributed by atoms with Crippen LogP contribution in [0.15, 0.2) is 30.3 Å². The normalized spacial score (nSPS) is 10.6. The lowest BCUT2D eigenvalue weighted by atomic mass is 10.0. The summed E-state index contributed by atoms with van der Waals surface area (Å²) in [6, 6.07) is 5.67. The summed E-state index contributed by atoms with van der Waals surface area (Å²) in [7, 11) is 0. The van der Waals surface area contributed by atoms with Crippen molar-refractivity contribution in [2.24, 2.45) is 0 Å². The lowest BCUT2D eigenvalue weighted by Crippen LogP contribution is -1.92. The number of hydrogen-bond donors (Lipinski definition) is 1. The maximum absolute atomic E-state index is 13.5. The van der Waals surface area contributed by atoms with Gasteiger partial charge in [0.2, 0.25) is 5.82 Å². The van der Waals surface area contributed by atoms with Crippen molar-refractivity contribution in [2.75, 3.05) is 0 Å². The molecule has 1 nitrogen and oxygen atoms in total. The molecule has 0 aliphatic carbocycles. The van der Waals surface area contributed by atoms with E-state index in [2.05, 4.69) is 0 Å². The van der Waals surface area contributed by atoms with Crippen LogP contribution in [0.5, 0.6) is 5.75 Å². The SMILES string of the molecule is Oc1ccc(-c2ccc(Cl)cc2F)c(F)c1F. The van der Waals surface area contributed by atoms with Crippen LogP contribution in [0.3, 0.4) is 0 Å². The number of phenolic OH excluding ortho intramolecular Hbond substituents is 1. The van der Waals surface area contributed by atoms with E-state index >= 15 is 0 Å². The monoisotopic (exact) mass is 258 g/mol. The molecule has 0 unspecified atom stereocenters. The molecule has 88 valence electrons. The predicted molar refractivity (Wildman–Crippen MR) is 58.4 cm³/mol. The highest BCUT2D eigenvalue weighted by atomic mass is 35.5. The fourth-order valence-corrected chi connectivity index (χ4v) is 1.61. The van der Waals surface area contributed by atoms with Gasteiger partial charge in [-0.05, 0) is 30.3 Å². The average Bonchev–Trinajstić information content (AvgIpc) is 2.28. The zero-order valence-corrected chi connectivity index (χ0v) is 9.10. The van der Waals surface area contributed by atoms with Crippen LogP contribution in [-0.2, 0) is 0 Å². The molecule has 0 radical (unpaired) electrons. The van der Waals surface area contributed by atoms with E-state index in [-0.39, 0.29) is 16.1 Å². The van der Waals surface area contributed by atoms with Gasteiger partial charge < -0.3 is 5.11 Å². The van der Waals surface area contributed by atoms with Crippen LogP contribution < -0.4 is 0 Å². The van der Waals surface area contributed by atoms with Gasteiger partial charge in [0.25, 0.3) is 0 Å². The van der Waals surface area contributed by atoms with Crippen molar-refractivity contribution in [3.8, 4) is 16.9 Å². The third-order valence-corrected chi connectivity index (χ3v) is 2.52. The Morgan fingerprint density at radius 3 is 2.18 bits per heavy atom. The molecule has 5 heteroatoms. The minimum Gasteiger partial charge on any atom is -0.505 e. The van der Waals surface area contributed by atoms with Gasteiger partial charge in [-0.1, -0.05) is 11.6 Å². The summed E-state index contributed by atoms with van der Waals surface area (Å²) < 4.78 is 40.1. The molecular formula is C12H6ClF3O. The van der Waals surface area contributed by atoms with E-state index < -0.39 is 23.2 Å². The van der Waals surface area contributed by atoms with Gasteiger partial charge in [0.1, 0.15) is 5.82 Å². The molecule has 0 atom stereocenters. The van der Waals surface area contributed by atoms with Crippen LogP contribution in [-0.4, -0.2) is 5.11 Å². The smallest absolute Gasteiger partial charge is 0.200 e. The molecule has 0 aromatic heterocycles. The van der Waals surface area contributed by atoms with Crippen LogP contribution in [0.4, 0.5) is 13.2 Å². The van der Waals surface area contributed by atoms with Crippen molar-refractivity contribution in [3.05, 3.63) is 52.8 Å². The summed E-state index contributed by atoms with van der Waals surface area (Å²) in [4.78, 5) is 0. The van der Waals surface area contributed by atoms with Crippen molar-refractivity contribution in [3.63, 3.8) is 0 Å². The topological polar surface area (TPSA) is 20.2 Å². The Bertz CT molecular complexity index is 584. The van der Waals surface area contributed by atoms with E-state index in [1.54, 1.807) is 0 Å². The summed E-state index contributed by atoms with van der Waals surface area (Å²) in [6.45, 7) is 0. The molecule has 2 aromatic rings. The molecule has 0 aliphatic heterocycles. The molecule has 0 aliphatic rings. The van der Waals surface area contributed by atoms with Gasteiger partial charge in [0.15, 0.2) is 11.6 Å². The highest BCUT2D eigenvalue weighted by Gasteiger charge is 2.16. The first-order valence-corrected chi connectivity index (χ1v) is 5.01. The first kappa shape index (κ1) is 11.8. The highest BCUT2D eigenvalue weighted by Crippen LogP contribution is 2.31. The number of aromatic hydroxyl groups is 1. The standard InChI is InChI=1S/C12H6ClF3O/c13-6-1-2-7(9(14)5-6)8-3-4-10(17)12(16)11(8)15/h1-5,17H. The number of halogens is 4. The summed E-state index contributed by atoms with van der Waals surface area (Å²) in [5, 5.41) is 9.11. The van der Waals surface area contributed by atoms with Crippen LogP contribution in [0, 0.1) is 17.5 Å². The van der Waals surface area contributed by atoms with Crippen LogP contribution in [0.2, 0.25) is 5.02 Å². The highest BCUT2D eigenvalue weighted by molar-refractivity contribution is 6.30. The van der Waals surface area contributed by atoms with Crippen LogP contribution in [0.25, 0.3) is 11.1 Å². The maximum atomic E-state index is 13.5. The van der Waals surface area contributed by atoms with Crippen LogP contribution in [0.1, 0.15) is 0 Å². The summed E-state index contributed by atoms with van der Waals surface area (Å²) in [5.41, 5.74) is -0.389. The van der Waals surface area contributed by atoms with E-state index in [9.17, 15) is 13.2 Å². The zero-order chi connectivity index (χ0) is 12.6. The first-order valence-electron chi connectivity index (χ1n) is 4.63. The largest absolute Gasteiger partial charge is 0.505 e. The molecule has 0 amide bonds. The number of phenols is 1. The molecule has 0 heterocycles. The number of rotatable bonds is 1. The molecule has 0 saturated heterocycles. The maximum Gasteiger partial charge on any atom is 0.200 e. The van der Waals surface area contributed by atoms with E-state index in [4.69, 9.17) is 16.7 Å². The minimum absolute atomic E-state index is 0.120. The van der Waals surface area contributed by atoms with E-state index in [0.29, 0.717) is 0 Å². The quantitative estimate of drug-likeness (QED) is 0.815. The van der Waals surface area contributed by atoms with Crippen molar-refractivity contribution < 1.29 is 18.3 Å². The molecule has 0 fully saturated rings. The Kier molecular flexibility index (Phi) is 2.98. The fraction of sp³-hybridized carbons (Fsp3) is 0. The molecule has 1 N–H and O–H groups in total. The number of benzene rings is 2. The lowest BCUT2D eigenvalue weighted by Gasteiger charge is -2.07. The molecule has 0 bridgehead atoms. The summed E-state index contributed by atoms with van der Waals surface area (Å²) in [5.74, 6) is -4.29. The molecule has 17 heavy (non-hydrogen) atoms. The van der Waals surface area contributed by atoms with Gasteiger partial charge in [-0.2, -0.15) is 4.39 Å². The van der Waals surface area contributed by atoms with Gasteiger partial charge in [-0.3, -0.25) is 0 Å². The van der Waals surface area contributed by atoms with Crippen molar-refractivity contribution in [1.29, 1.82) is 0 Å². The second-order valence-corrected chi connectivity index (χ2v) is 3.82. The third-order valence-electron chi connectivity index (χ3n) is 2.28. The lowest BCUT2D eigenvalue weighted by molar-refractivity contribution is 0.408. The Labute approximate surface area is 100 Å². The zero-order valence-electron chi connectivity index (χ0n) is 8.35. The molecule has 2 aromatic carbocycles. The van der Waals surface area contributed by atoms with Gasteiger partial charge in [-0.25, -0.2) is 8.78 Å². The van der Waals surface area contributed by atoms with Gasteiger partial charge in [0.05, 0.1) is 0 Å². The third kappa shape index (κ3) is 2.08. The van der Waals surface area contributed by atoms with Crippen molar-refractivity contribution in [1.82, 2.24) is 0 Å². The minimum atomic E-state index is -1.41. The van der Waals surface area contributed by atoms with Gasteiger partial charge in [-0.15, -0.1) is 0 Å². The summed E-state index contributed by atoms with van der Waals surface area (Å²) >= 11 is 5.55. The molecular weight excluding hydrogens is 253 g/mol. The van der Waals surface area contributed by atoms with Gasteiger partial charge in [0, 0.05) is 16.1 Å². The Morgan fingerprint density at radius 1 is 0.882 bits per heavy atom. The van der Waals surface area contributed by atoms with Crippen LogP contribution >= 0.6 is 11.6 Å². The summed E-state index contributed by atoms with van der Waals surface area (Å²) in [6.07, 6.45) is 0. The first-order chi connectivity index (χ1) is 8.00. The second kappa shape index (κ2) is 4.30.